The summed E-state index contributed by atoms with van der Waals surface area (Å²) in [5.74, 6) is 1.98. The van der Waals surface area contributed by atoms with Crippen molar-refractivity contribution in [2.45, 2.75) is 44.6 Å². The Morgan fingerprint density at radius 1 is 1.19 bits per heavy atom. The molecule has 1 N–H and O–H groups in total. The molecule has 3 saturated heterocycles. The Morgan fingerprint density at radius 2 is 2.00 bits per heavy atom. The molecular formula is C19H29N5O2. The van der Waals surface area contributed by atoms with Crippen molar-refractivity contribution in [2.24, 2.45) is 5.41 Å². The Bertz CT molecular complexity index is 659. The summed E-state index contributed by atoms with van der Waals surface area (Å²) < 4.78 is 0. The number of aliphatic hydroxyl groups excluding tert-OH is 1. The second-order valence-corrected chi connectivity index (χ2v) is 8.19. The number of carbonyl (C=O) groups excluding carboxylic acids is 1. The lowest BCUT2D eigenvalue weighted by Gasteiger charge is -2.46. The van der Waals surface area contributed by atoms with Gasteiger partial charge >= 0.3 is 0 Å². The molecule has 1 spiro atoms. The summed E-state index contributed by atoms with van der Waals surface area (Å²) in [7, 11) is 1.93. The highest BCUT2D eigenvalue weighted by Gasteiger charge is 2.40. The van der Waals surface area contributed by atoms with Crippen LogP contribution in [0.25, 0.3) is 0 Å². The number of piperidine rings is 3. The highest BCUT2D eigenvalue weighted by Crippen LogP contribution is 2.40. The van der Waals surface area contributed by atoms with Gasteiger partial charge < -0.3 is 19.8 Å². The first kappa shape index (κ1) is 17.5. The van der Waals surface area contributed by atoms with E-state index in [1.807, 2.05) is 24.2 Å². The maximum Gasteiger partial charge on any atom is 0.227 e. The topological polar surface area (TPSA) is 72.8 Å². The molecule has 0 saturated carbocycles. The van der Waals surface area contributed by atoms with Crippen molar-refractivity contribution in [2.75, 3.05) is 49.6 Å². The lowest BCUT2D eigenvalue weighted by atomic mass is 9.72. The van der Waals surface area contributed by atoms with E-state index in [0.717, 1.165) is 70.0 Å². The van der Waals surface area contributed by atoms with Crippen molar-refractivity contribution in [3.8, 4) is 0 Å². The summed E-state index contributed by atoms with van der Waals surface area (Å²) in [4.78, 5) is 27.4. The molecule has 3 aliphatic heterocycles. The van der Waals surface area contributed by atoms with E-state index in [1.54, 1.807) is 0 Å². The Kier molecular flexibility index (Phi) is 4.73. The van der Waals surface area contributed by atoms with Crippen molar-refractivity contribution in [3.63, 3.8) is 0 Å². The number of β-amino-alcohol motifs (C(OH)–C–C–N with tert-alkyl or cyclic N) is 1. The second kappa shape index (κ2) is 7.02. The number of amides is 1. The van der Waals surface area contributed by atoms with Gasteiger partial charge in [0.25, 0.3) is 0 Å². The third kappa shape index (κ3) is 3.49. The minimum atomic E-state index is -0.261. The van der Waals surface area contributed by atoms with E-state index in [-0.39, 0.29) is 17.4 Å². The standard InChI is InChI=1S/C19H29N5O2/c1-22-14-19(6-4-17(22)26)7-11-23(12-8-19)18-20-9-5-16(21-18)24-10-2-3-15(25)13-24/h5,9,15,25H,2-4,6-8,10-14H2,1H3/t15-/m1/s1. The van der Waals surface area contributed by atoms with Gasteiger partial charge in [-0.3, -0.25) is 4.79 Å². The number of hydrogen-bond acceptors (Lipinski definition) is 6. The molecular weight excluding hydrogens is 330 g/mol. The Labute approximate surface area is 155 Å². The Balaban J connectivity index is 1.42. The molecule has 3 aliphatic rings. The van der Waals surface area contributed by atoms with Gasteiger partial charge in [0.15, 0.2) is 0 Å². The first-order valence-corrected chi connectivity index (χ1v) is 9.80. The van der Waals surface area contributed by atoms with E-state index in [2.05, 4.69) is 14.8 Å². The largest absolute Gasteiger partial charge is 0.391 e. The predicted octanol–water partition coefficient (Wildman–Crippen LogP) is 1.28. The number of aromatic nitrogens is 2. The Hall–Kier alpha value is -1.89. The SMILES string of the molecule is CN1CC2(CCC1=O)CCN(c1nccc(N3CCC[C@@H](O)C3)n1)CC2. The van der Waals surface area contributed by atoms with Crippen LogP contribution in [0.3, 0.4) is 0 Å². The number of rotatable bonds is 2. The summed E-state index contributed by atoms with van der Waals surface area (Å²) in [6.45, 7) is 4.35. The van der Waals surface area contributed by atoms with Gasteiger partial charge in [0.1, 0.15) is 5.82 Å². The maximum atomic E-state index is 11.8. The third-order valence-corrected chi connectivity index (χ3v) is 6.32. The van der Waals surface area contributed by atoms with Gasteiger partial charge in [-0.05, 0) is 43.6 Å². The quantitative estimate of drug-likeness (QED) is 0.858. The molecule has 1 aromatic rings. The van der Waals surface area contributed by atoms with Gasteiger partial charge in [-0.25, -0.2) is 4.98 Å². The van der Waals surface area contributed by atoms with E-state index in [9.17, 15) is 9.90 Å². The molecule has 0 bridgehead atoms. The number of aliphatic hydroxyl groups is 1. The van der Waals surface area contributed by atoms with Gasteiger partial charge in [-0.1, -0.05) is 0 Å². The lowest BCUT2D eigenvalue weighted by molar-refractivity contribution is -0.136. The van der Waals surface area contributed by atoms with Crippen molar-refractivity contribution in [1.82, 2.24) is 14.9 Å². The first-order valence-electron chi connectivity index (χ1n) is 9.80. The van der Waals surface area contributed by atoms with Crippen molar-refractivity contribution in [1.29, 1.82) is 0 Å². The molecule has 0 aromatic carbocycles. The molecule has 4 rings (SSSR count). The highest BCUT2D eigenvalue weighted by atomic mass is 16.3. The van der Waals surface area contributed by atoms with E-state index in [4.69, 9.17) is 4.98 Å². The van der Waals surface area contributed by atoms with Gasteiger partial charge in [0.05, 0.1) is 6.10 Å². The van der Waals surface area contributed by atoms with Gasteiger partial charge in [-0.15, -0.1) is 0 Å². The predicted molar refractivity (Wildman–Crippen MR) is 100 cm³/mol. The fourth-order valence-electron chi connectivity index (χ4n) is 4.65. The fraction of sp³-hybridized carbons (Fsp3) is 0.737. The van der Waals surface area contributed by atoms with Gasteiger partial charge in [0, 0.05) is 52.4 Å². The third-order valence-electron chi connectivity index (χ3n) is 6.32. The summed E-state index contributed by atoms with van der Waals surface area (Å²) in [6, 6.07) is 1.94. The smallest absolute Gasteiger partial charge is 0.227 e. The molecule has 4 heterocycles. The highest BCUT2D eigenvalue weighted by molar-refractivity contribution is 5.76. The minimum absolute atomic E-state index is 0.261. The second-order valence-electron chi connectivity index (χ2n) is 8.19. The van der Waals surface area contributed by atoms with Crippen molar-refractivity contribution >= 4 is 17.7 Å². The molecule has 7 nitrogen and oxygen atoms in total. The van der Waals surface area contributed by atoms with Crippen LogP contribution in [0.1, 0.15) is 38.5 Å². The molecule has 7 heteroatoms. The van der Waals surface area contributed by atoms with Crippen LogP contribution in [0.5, 0.6) is 0 Å². The van der Waals surface area contributed by atoms with Crippen LogP contribution < -0.4 is 9.80 Å². The van der Waals surface area contributed by atoms with Crippen molar-refractivity contribution in [3.05, 3.63) is 12.3 Å². The number of nitrogens with zero attached hydrogens (tertiary/aromatic N) is 5. The van der Waals surface area contributed by atoms with E-state index in [0.29, 0.717) is 13.0 Å². The number of likely N-dealkylation sites (tertiary alicyclic amines) is 1. The van der Waals surface area contributed by atoms with Crippen LogP contribution >= 0.6 is 0 Å². The minimum Gasteiger partial charge on any atom is -0.391 e. The molecule has 26 heavy (non-hydrogen) atoms. The molecule has 142 valence electrons. The van der Waals surface area contributed by atoms with E-state index >= 15 is 0 Å². The average Bonchev–Trinajstić information content (AvgIpc) is 2.66. The van der Waals surface area contributed by atoms with Crippen LogP contribution in [0.2, 0.25) is 0 Å². The molecule has 1 amide bonds. The molecule has 0 radical (unpaired) electrons. The molecule has 0 unspecified atom stereocenters. The summed E-state index contributed by atoms with van der Waals surface area (Å²) in [6.07, 6.45) is 7.30. The van der Waals surface area contributed by atoms with Crippen LogP contribution in [-0.2, 0) is 4.79 Å². The maximum absolute atomic E-state index is 11.8. The normalized spacial score (nSPS) is 26.5. The van der Waals surface area contributed by atoms with Crippen LogP contribution in [-0.4, -0.2) is 71.8 Å². The van der Waals surface area contributed by atoms with Gasteiger partial charge in [0.2, 0.25) is 11.9 Å². The van der Waals surface area contributed by atoms with Crippen LogP contribution in [0, 0.1) is 5.41 Å². The molecule has 0 aliphatic carbocycles. The zero-order valence-electron chi connectivity index (χ0n) is 15.6. The molecule has 1 atom stereocenters. The first-order chi connectivity index (χ1) is 12.5. The fourth-order valence-corrected chi connectivity index (χ4v) is 4.65. The molecule has 1 aromatic heterocycles. The zero-order chi connectivity index (χ0) is 18.1. The van der Waals surface area contributed by atoms with Crippen LogP contribution in [0.4, 0.5) is 11.8 Å². The van der Waals surface area contributed by atoms with Gasteiger partial charge in [-0.2, -0.15) is 4.98 Å². The van der Waals surface area contributed by atoms with Crippen LogP contribution in [0.15, 0.2) is 12.3 Å². The number of carbonyl (C=O) groups is 1. The molecule has 3 fully saturated rings. The number of anilines is 2. The van der Waals surface area contributed by atoms with Crippen molar-refractivity contribution < 1.29 is 9.90 Å². The van der Waals surface area contributed by atoms with E-state index in [1.165, 1.54) is 0 Å². The monoisotopic (exact) mass is 359 g/mol. The number of hydrogen-bond donors (Lipinski definition) is 1. The summed E-state index contributed by atoms with van der Waals surface area (Å²) in [5, 5.41) is 9.92. The summed E-state index contributed by atoms with van der Waals surface area (Å²) in [5.41, 5.74) is 0.272. The average molecular weight is 359 g/mol. The van der Waals surface area contributed by atoms with E-state index < -0.39 is 0 Å². The summed E-state index contributed by atoms with van der Waals surface area (Å²) >= 11 is 0. The lowest BCUT2D eigenvalue weighted by Crippen LogP contribution is -2.50. The Morgan fingerprint density at radius 3 is 2.73 bits per heavy atom. The zero-order valence-corrected chi connectivity index (χ0v) is 15.6.